The van der Waals surface area contributed by atoms with Crippen LogP contribution in [-0.2, 0) is 14.9 Å². The van der Waals surface area contributed by atoms with E-state index in [0.717, 1.165) is 5.06 Å². The second kappa shape index (κ2) is 3.73. The number of nitrogens with zero attached hydrogens (tertiary/aromatic N) is 1. The fourth-order valence-corrected chi connectivity index (χ4v) is 2.50. The molecule has 0 atom stereocenters. The first-order valence-electron chi connectivity index (χ1n) is 5.03. The van der Waals surface area contributed by atoms with Crippen molar-refractivity contribution in [2.75, 3.05) is 0 Å². The number of hydroxylamine groups is 2. The van der Waals surface area contributed by atoms with Crippen molar-refractivity contribution in [3.05, 3.63) is 0 Å². The molecule has 0 bridgehead atoms. The molecule has 87 valence electrons. The van der Waals surface area contributed by atoms with Gasteiger partial charge in [-0.1, -0.05) is 0 Å². The van der Waals surface area contributed by atoms with Crippen molar-refractivity contribution >= 4 is 5.97 Å². The molecule has 1 saturated heterocycles. The molecule has 0 amide bonds. The average molecular weight is 216 g/mol. The molecule has 0 aromatic heterocycles. The van der Waals surface area contributed by atoms with Gasteiger partial charge in [0.2, 0.25) is 0 Å². The van der Waals surface area contributed by atoms with Gasteiger partial charge in [0.15, 0.2) is 0 Å². The van der Waals surface area contributed by atoms with Crippen molar-refractivity contribution in [2.45, 2.75) is 51.6 Å². The average Bonchev–Trinajstić information content (AvgIpc) is 2.11. The zero-order valence-corrected chi connectivity index (χ0v) is 9.61. The summed E-state index contributed by atoms with van der Waals surface area (Å²) < 4.78 is 0. The SMILES string of the molecule is CC1(C)CC(C(=O)OO)CC(C)(C)N1[O]. The topological polar surface area (TPSA) is 69.7 Å². The molecule has 0 aromatic carbocycles. The molecule has 1 radical (unpaired) electrons. The van der Waals surface area contributed by atoms with E-state index in [9.17, 15) is 10.0 Å². The number of carbonyl (C=O) groups excluding carboxylic acids is 1. The Morgan fingerprint density at radius 1 is 1.27 bits per heavy atom. The van der Waals surface area contributed by atoms with E-state index in [-0.39, 0.29) is 0 Å². The minimum atomic E-state index is -0.649. The van der Waals surface area contributed by atoms with E-state index < -0.39 is 23.0 Å². The summed E-state index contributed by atoms with van der Waals surface area (Å²) in [5.41, 5.74) is -1.22. The number of rotatable bonds is 1. The Labute approximate surface area is 89.5 Å². The molecule has 1 aliphatic heterocycles. The Morgan fingerprint density at radius 3 is 2.00 bits per heavy atom. The summed E-state index contributed by atoms with van der Waals surface area (Å²) in [5.74, 6) is -1.06. The highest BCUT2D eigenvalue weighted by atomic mass is 17.1. The largest absolute Gasteiger partial charge is 0.345 e. The van der Waals surface area contributed by atoms with Gasteiger partial charge in [-0.25, -0.2) is 4.79 Å². The highest BCUT2D eigenvalue weighted by Gasteiger charge is 2.48. The molecular weight excluding hydrogens is 198 g/mol. The van der Waals surface area contributed by atoms with E-state index >= 15 is 0 Å². The molecular formula is C10H18NO4. The van der Waals surface area contributed by atoms with E-state index in [1.165, 1.54) is 0 Å². The van der Waals surface area contributed by atoms with Crippen LogP contribution in [0.3, 0.4) is 0 Å². The van der Waals surface area contributed by atoms with Crippen LogP contribution in [0.1, 0.15) is 40.5 Å². The van der Waals surface area contributed by atoms with Crippen LogP contribution in [-0.4, -0.2) is 27.4 Å². The third-order valence-corrected chi connectivity index (χ3v) is 3.01. The maximum Gasteiger partial charge on any atom is 0.345 e. The molecule has 1 fully saturated rings. The zero-order chi connectivity index (χ0) is 11.9. The van der Waals surface area contributed by atoms with Gasteiger partial charge in [-0.2, -0.15) is 5.26 Å². The van der Waals surface area contributed by atoms with Crippen molar-refractivity contribution in [1.82, 2.24) is 5.06 Å². The lowest BCUT2D eigenvalue weighted by Gasteiger charge is -2.48. The van der Waals surface area contributed by atoms with Crippen molar-refractivity contribution in [3.63, 3.8) is 0 Å². The molecule has 0 saturated carbocycles. The Bertz CT molecular complexity index is 244. The quantitative estimate of drug-likeness (QED) is 0.534. The molecule has 5 heteroatoms. The van der Waals surface area contributed by atoms with Crippen molar-refractivity contribution in [1.29, 1.82) is 0 Å². The van der Waals surface area contributed by atoms with Gasteiger partial charge in [0.25, 0.3) is 0 Å². The lowest BCUT2D eigenvalue weighted by molar-refractivity contribution is -0.299. The second-order valence-electron chi connectivity index (χ2n) is 5.43. The predicted octanol–water partition coefficient (Wildman–Crippen LogP) is 1.62. The zero-order valence-electron chi connectivity index (χ0n) is 9.61. The van der Waals surface area contributed by atoms with Crippen LogP contribution in [0.5, 0.6) is 0 Å². The van der Waals surface area contributed by atoms with Gasteiger partial charge in [0.05, 0.1) is 5.92 Å². The normalized spacial score (nSPS) is 26.3. The Hall–Kier alpha value is -0.650. The molecule has 5 nitrogen and oxygen atoms in total. The first kappa shape index (κ1) is 12.4. The van der Waals surface area contributed by atoms with Crippen molar-refractivity contribution in [2.24, 2.45) is 5.92 Å². The third kappa shape index (κ3) is 2.30. The summed E-state index contributed by atoms with van der Waals surface area (Å²) in [6.07, 6.45) is 0.804. The van der Waals surface area contributed by atoms with Gasteiger partial charge < -0.3 is 4.89 Å². The van der Waals surface area contributed by atoms with Crippen molar-refractivity contribution in [3.8, 4) is 0 Å². The van der Waals surface area contributed by atoms with Gasteiger partial charge in [0.1, 0.15) is 0 Å². The summed E-state index contributed by atoms with van der Waals surface area (Å²) in [6, 6.07) is 0. The monoisotopic (exact) mass is 216 g/mol. The van der Waals surface area contributed by atoms with Crippen LogP contribution in [0, 0.1) is 5.92 Å². The number of hydrogen-bond acceptors (Lipinski definition) is 4. The van der Waals surface area contributed by atoms with Crippen LogP contribution in [0.4, 0.5) is 0 Å². The number of hydrogen-bond donors (Lipinski definition) is 1. The molecule has 0 aliphatic carbocycles. The molecule has 1 heterocycles. The standard InChI is InChI=1S/C10H18NO4/c1-9(2)5-7(8(12)15-14)6-10(3,4)11(9)13/h7,14H,5-6H2,1-4H3. The maximum atomic E-state index is 11.9. The lowest BCUT2D eigenvalue weighted by Crippen LogP contribution is -2.59. The first-order valence-corrected chi connectivity index (χ1v) is 5.03. The summed E-state index contributed by atoms with van der Waals surface area (Å²) in [7, 11) is 0. The third-order valence-electron chi connectivity index (χ3n) is 3.01. The molecule has 0 aromatic rings. The number of carbonyl (C=O) groups is 1. The molecule has 15 heavy (non-hydrogen) atoms. The van der Waals surface area contributed by atoms with Gasteiger partial charge in [0, 0.05) is 11.1 Å². The number of piperidine rings is 1. The fourth-order valence-electron chi connectivity index (χ4n) is 2.50. The molecule has 1 N–H and O–H groups in total. The summed E-state index contributed by atoms with van der Waals surface area (Å²) in [5, 5.41) is 21.3. The van der Waals surface area contributed by atoms with Crippen molar-refractivity contribution < 1.29 is 20.1 Å². The lowest BCUT2D eigenvalue weighted by atomic mass is 9.75. The minimum absolute atomic E-state index is 0.402. The van der Waals surface area contributed by atoms with E-state index in [1.807, 2.05) is 0 Å². The Balaban J connectivity index is 2.89. The second-order valence-corrected chi connectivity index (χ2v) is 5.43. The van der Waals surface area contributed by atoms with Gasteiger partial charge in [-0.3, -0.25) is 0 Å². The summed E-state index contributed by atoms with van der Waals surface area (Å²) >= 11 is 0. The molecule has 0 unspecified atom stereocenters. The van der Waals surface area contributed by atoms with Crippen LogP contribution < -0.4 is 0 Å². The van der Waals surface area contributed by atoms with E-state index in [2.05, 4.69) is 4.89 Å². The van der Waals surface area contributed by atoms with Crippen LogP contribution >= 0.6 is 0 Å². The fraction of sp³-hybridized carbons (Fsp3) is 0.900. The van der Waals surface area contributed by atoms with E-state index in [4.69, 9.17) is 5.26 Å². The van der Waals surface area contributed by atoms with Gasteiger partial charge >= 0.3 is 5.97 Å². The molecule has 1 aliphatic rings. The van der Waals surface area contributed by atoms with E-state index in [0.29, 0.717) is 12.8 Å². The Kier molecular flexibility index (Phi) is 3.09. The molecule has 0 spiro atoms. The maximum absolute atomic E-state index is 11.9. The van der Waals surface area contributed by atoms with Crippen LogP contribution in [0.2, 0.25) is 0 Å². The van der Waals surface area contributed by atoms with Crippen LogP contribution in [0.15, 0.2) is 0 Å². The highest BCUT2D eigenvalue weighted by Crippen LogP contribution is 2.40. The predicted molar refractivity (Wildman–Crippen MR) is 52.1 cm³/mol. The van der Waals surface area contributed by atoms with Crippen LogP contribution in [0.25, 0.3) is 0 Å². The first-order chi connectivity index (χ1) is 6.70. The minimum Gasteiger partial charge on any atom is -0.301 e. The highest BCUT2D eigenvalue weighted by molar-refractivity contribution is 5.72. The smallest absolute Gasteiger partial charge is 0.301 e. The van der Waals surface area contributed by atoms with Gasteiger partial charge in [-0.15, -0.1) is 10.3 Å². The summed E-state index contributed by atoms with van der Waals surface area (Å²) in [6.45, 7) is 7.16. The Morgan fingerprint density at radius 2 is 1.67 bits per heavy atom. The molecule has 1 rings (SSSR count). The van der Waals surface area contributed by atoms with E-state index in [1.54, 1.807) is 27.7 Å². The summed E-state index contributed by atoms with van der Waals surface area (Å²) in [4.78, 5) is 15.0. The van der Waals surface area contributed by atoms with Gasteiger partial charge in [-0.05, 0) is 40.5 Å².